The number of anilines is 2. The van der Waals surface area contributed by atoms with Crippen molar-refractivity contribution < 1.29 is 0 Å². The Morgan fingerprint density at radius 3 is 2.95 bits per heavy atom. The van der Waals surface area contributed by atoms with Crippen molar-refractivity contribution in [2.24, 2.45) is 0 Å². The van der Waals surface area contributed by atoms with Crippen LogP contribution >= 0.6 is 11.8 Å². The monoisotopic (exact) mass is 292 g/mol. The SMILES string of the molecule is CNc1nc(NCC2CCCS2)nc(-n2cncn2)n1. The molecule has 2 N–H and O–H groups in total. The molecule has 8 nitrogen and oxygen atoms in total. The molecule has 0 aliphatic carbocycles. The molecular formula is C11H16N8S. The van der Waals surface area contributed by atoms with Crippen LogP contribution in [0.3, 0.4) is 0 Å². The minimum absolute atomic E-state index is 0.448. The summed E-state index contributed by atoms with van der Waals surface area (Å²) < 4.78 is 1.51. The maximum absolute atomic E-state index is 4.36. The summed E-state index contributed by atoms with van der Waals surface area (Å²) in [5, 5.41) is 10.9. The fourth-order valence-electron chi connectivity index (χ4n) is 1.98. The molecule has 0 spiro atoms. The zero-order chi connectivity index (χ0) is 13.8. The van der Waals surface area contributed by atoms with E-state index in [1.54, 1.807) is 13.4 Å². The van der Waals surface area contributed by atoms with Gasteiger partial charge in [0.1, 0.15) is 12.7 Å². The third kappa shape index (κ3) is 2.98. The Labute approximate surface area is 120 Å². The van der Waals surface area contributed by atoms with Gasteiger partial charge in [0.05, 0.1) is 0 Å². The van der Waals surface area contributed by atoms with Crippen LogP contribution in [0.15, 0.2) is 12.7 Å². The average Bonchev–Trinajstić information content (AvgIpc) is 3.17. The predicted molar refractivity (Wildman–Crippen MR) is 78.3 cm³/mol. The highest BCUT2D eigenvalue weighted by molar-refractivity contribution is 8.00. The van der Waals surface area contributed by atoms with Crippen LogP contribution in [0.2, 0.25) is 0 Å². The molecule has 2 aromatic heterocycles. The molecule has 0 radical (unpaired) electrons. The van der Waals surface area contributed by atoms with E-state index in [2.05, 4.69) is 35.7 Å². The fraction of sp³-hybridized carbons (Fsp3) is 0.545. The summed E-state index contributed by atoms with van der Waals surface area (Å²) in [4.78, 5) is 16.8. The molecule has 1 unspecified atom stereocenters. The number of thioether (sulfide) groups is 1. The highest BCUT2D eigenvalue weighted by Gasteiger charge is 2.16. The number of hydrogen-bond donors (Lipinski definition) is 2. The predicted octanol–water partition coefficient (Wildman–Crippen LogP) is 0.801. The molecule has 9 heteroatoms. The van der Waals surface area contributed by atoms with Crippen molar-refractivity contribution in [1.29, 1.82) is 0 Å². The number of nitrogens with zero attached hydrogens (tertiary/aromatic N) is 6. The van der Waals surface area contributed by atoms with Gasteiger partial charge < -0.3 is 10.6 Å². The lowest BCUT2D eigenvalue weighted by Crippen LogP contribution is -2.17. The molecule has 3 rings (SSSR count). The van der Waals surface area contributed by atoms with Gasteiger partial charge in [-0.25, -0.2) is 4.98 Å². The average molecular weight is 292 g/mol. The van der Waals surface area contributed by atoms with Gasteiger partial charge in [-0.3, -0.25) is 0 Å². The van der Waals surface area contributed by atoms with Crippen molar-refractivity contribution in [3.05, 3.63) is 12.7 Å². The van der Waals surface area contributed by atoms with E-state index in [4.69, 9.17) is 0 Å². The normalized spacial score (nSPS) is 18.1. The molecule has 0 amide bonds. The maximum Gasteiger partial charge on any atom is 0.258 e. The summed E-state index contributed by atoms with van der Waals surface area (Å²) in [6, 6.07) is 0. The van der Waals surface area contributed by atoms with Crippen LogP contribution in [0.5, 0.6) is 0 Å². The second-order valence-corrected chi connectivity index (χ2v) is 5.80. The van der Waals surface area contributed by atoms with E-state index in [9.17, 15) is 0 Å². The van der Waals surface area contributed by atoms with Crippen molar-refractivity contribution in [2.75, 3.05) is 30.0 Å². The first-order valence-corrected chi connectivity index (χ1v) is 7.54. The van der Waals surface area contributed by atoms with Gasteiger partial charge in [0.15, 0.2) is 0 Å². The Kier molecular flexibility index (Phi) is 3.95. The lowest BCUT2D eigenvalue weighted by Gasteiger charge is -2.11. The third-order valence-corrected chi connectivity index (χ3v) is 4.38. The summed E-state index contributed by atoms with van der Waals surface area (Å²) in [5.41, 5.74) is 0. The molecular weight excluding hydrogens is 276 g/mol. The van der Waals surface area contributed by atoms with Crippen LogP contribution in [-0.4, -0.2) is 54.3 Å². The number of aromatic nitrogens is 6. The Morgan fingerprint density at radius 1 is 1.35 bits per heavy atom. The summed E-state index contributed by atoms with van der Waals surface area (Å²) >= 11 is 2.00. The van der Waals surface area contributed by atoms with Gasteiger partial charge in [0, 0.05) is 18.8 Å². The van der Waals surface area contributed by atoms with E-state index in [0.717, 1.165) is 6.54 Å². The third-order valence-electron chi connectivity index (χ3n) is 2.98. The molecule has 0 aromatic carbocycles. The topological polar surface area (TPSA) is 93.4 Å². The van der Waals surface area contributed by atoms with E-state index in [0.29, 0.717) is 23.1 Å². The molecule has 20 heavy (non-hydrogen) atoms. The molecule has 0 bridgehead atoms. The van der Waals surface area contributed by atoms with Crippen molar-refractivity contribution in [1.82, 2.24) is 29.7 Å². The molecule has 2 aromatic rings. The van der Waals surface area contributed by atoms with E-state index in [-0.39, 0.29) is 0 Å². The van der Waals surface area contributed by atoms with E-state index >= 15 is 0 Å². The largest absolute Gasteiger partial charge is 0.357 e. The van der Waals surface area contributed by atoms with Crippen molar-refractivity contribution in [2.45, 2.75) is 18.1 Å². The Bertz CT molecular complexity index is 552. The first-order valence-electron chi connectivity index (χ1n) is 6.49. The lowest BCUT2D eigenvalue weighted by molar-refractivity contribution is 0.780. The van der Waals surface area contributed by atoms with Crippen LogP contribution in [-0.2, 0) is 0 Å². The second-order valence-electron chi connectivity index (χ2n) is 4.39. The summed E-state index contributed by atoms with van der Waals surface area (Å²) in [6.07, 6.45) is 5.55. The van der Waals surface area contributed by atoms with Gasteiger partial charge >= 0.3 is 0 Å². The summed E-state index contributed by atoms with van der Waals surface area (Å²) in [5.74, 6) is 2.76. The highest BCUT2D eigenvalue weighted by Crippen LogP contribution is 2.26. The zero-order valence-electron chi connectivity index (χ0n) is 11.2. The summed E-state index contributed by atoms with van der Waals surface area (Å²) in [7, 11) is 1.77. The minimum Gasteiger partial charge on any atom is -0.357 e. The number of rotatable bonds is 5. The molecule has 1 saturated heterocycles. The smallest absolute Gasteiger partial charge is 0.258 e. The van der Waals surface area contributed by atoms with E-state index < -0.39 is 0 Å². The van der Waals surface area contributed by atoms with Crippen LogP contribution < -0.4 is 10.6 Å². The molecule has 3 heterocycles. The van der Waals surface area contributed by atoms with Gasteiger partial charge in [0.25, 0.3) is 5.95 Å². The molecule has 106 valence electrons. The fourth-order valence-corrected chi connectivity index (χ4v) is 3.18. The van der Waals surface area contributed by atoms with E-state index in [1.807, 2.05) is 11.8 Å². The zero-order valence-corrected chi connectivity index (χ0v) is 12.0. The van der Waals surface area contributed by atoms with Crippen LogP contribution in [0.1, 0.15) is 12.8 Å². The Morgan fingerprint density at radius 2 is 2.25 bits per heavy atom. The maximum atomic E-state index is 4.36. The van der Waals surface area contributed by atoms with Crippen LogP contribution in [0.25, 0.3) is 5.95 Å². The van der Waals surface area contributed by atoms with Crippen LogP contribution in [0, 0.1) is 0 Å². The minimum atomic E-state index is 0.448. The first-order chi connectivity index (χ1) is 9.85. The lowest BCUT2D eigenvalue weighted by atomic mass is 10.2. The van der Waals surface area contributed by atoms with Crippen molar-refractivity contribution in [3.8, 4) is 5.95 Å². The van der Waals surface area contributed by atoms with Gasteiger partial charge in [-0.05, 0) is 18.6 Å². The first kappa shape index (κ1) is 13.1. The van der Waals surface area contributed by atoms with Gasteiger partial charge in [-0.2, -0.15) is 36.5 Å². The quantitative estimate of drug-likeness (QED) is 0.836. The second kappa shape index (κ2) is 6.04. The van der Waals surface area contributed by atoms with Crippen molar-refractivity contribution >= 4 is 23.7 Å². The van der Waals surface area contributed by atoms with E-state index in [1.165, 1.54) is 29.6 Å². The molecule has 0 saturated carbocycles. The van der Waals surface area contributed by atoms with Gasteiger partial charge in [-0.1, -0.05) is 0 Å². The molecule has 1 aliphatic rings. The standard InChI is InChI=1S/C11H16N8S/c1-12-9-16-10(14-5-8-3-2-4-20-8)18-11(17-9)19-7-13-6-15-19/h6-8H,2-5H2,1H3,(H2,12,14,16,17,18). The molecule has 1 atom stereocenters. The molecule has 1 fully saturated rings. The van der Waals surface area contributed by atoms with Gasteiger partial charge in [0.2, 0.25) is 11.9 Å². The number of nitrogens with one attached hydrogen (secondary N) is 2. The number of hydrogen-bond acceptors (Lipinski definition) is 8. The highest BCUT2D eigenvalue weighted by atomic mass is 32.2. The molecule has 1 aliphatic heterocycles. The Balaban J connectivity index is 1.77. The van der Waals surface area contributed by atoms with Crippen LogP contribution in [0.4, 0.5) is 11.9 Å². The van der Waals surface area contributed by atoms with Gasteiger partial charge in [-0.15, -0.1) is 0 Å². The summed E-state index contributed by atoms with van der Waals surface area (Å²) in [6.45, 7) is 0.870. The Hall–Kier alpha value is -1.90. The van der Waals surface area contributed by atoms with Crippen molar-refractivity contribution in [3.63, 3.8) is 0 Å².